The number of nitrogens with zero attached hydrogens (tertiary/aromatic N) is 2. The molecule has 4 rings (SSSR count). The van der Waals surface area contributed by atoms with Crippen molar-refractivity contribution in [2.75, 3.05) is 31.5 Å². The van der Waals surface area contributed by atoms with E-state index in [0.29, 0.717) is 11.3 Å². The number of rotatable bonds is 5. The fourth-order valence-electron chi connectivity index (χ4n) is 3.87. The van der Waals surface area contributed by atoms with Gasteiger partial charge in [0.25, 0.3) is 5.91 Å². The SMILES string of the molecule is O=C1N[C@H](CCC(=O)N2CCN(S(=O)(=O)c3ccc(F)cc3)CC2)C(=O)Nc2ccccc21. The minimum atomic E-state index is -3.77. The van der Waals surface area contributed by atoms with E-state index in [1.807, 2.05) is 0 Å². The highest BCUT2D eigenvalue weighted by atomic mass is 32.2. The van der Waals surface area contributed by atoms with Gasteiger partial charge < -0.3 is 15.5 Å². The summed E-state index contributed by atoms with van der Waals surface area (Å²) in [5.74, 6) is -1.53. The van der Waals surface area contributed by atoms with E-state index in [1.165, 1.54) is 16.4 Å². The molecule has 0 unspecified atom stereocenters. The first kappa shape index (κ1) is 22.9. The molecular formula is C22H23FN4O5S. The van der Waals surface area contributed by atoms with Crippen molar-refractivity contribution < 1.29 is 27.2 Å². The quantitative estimate of drug-likeness (QED) is 0.676. The zero-order chi connectivity index (χ0) is 23.6. The van der Waals surface area contributed by atoms with Crippen LogP contribution in [-0.4, -0.2) is 67.6 Å². The number of anilines is 1. The summed E-state index contributed by atoms with van der Waals surface area (Å²) >= 11 is 0. The molecule has 1 fully saturated rings. The Balaban J connectivity index is 1.31. The minimum absolute atomic E-state index is 0.000194. The average molecular weight is 475 g/mol. The number of carbonyl (C=O) groups is 3. The first-order chi connectivity index (χ1) is 15.8. The van der Waals surface area contributed by atoms with Gasteiger partial charge in [0.15, 0.2) is 0 Å². The Morgan fingerprint density at radius 1 is 1.00 bits per heavy atom. The van der Waals surface area contributed by atoms with Crippen molar-refractivity contribution in [2.45, 2.75) is 23.8 Å². The smallest absolute Gasteiger partial charge is 0.254 e. The number of fused-ring (bicyclic) bond motifs is 1. The molecule has 2 aromatic carbocycles. The van der Waals surface area contributed by atoms with Crippen LogP contribution in [0.3, 0.4) is 0 Å². The average Bonchev–Trinajstić information content (AvgIpc) is 2.93. The van der Waals surface area contributed by atoms with Crippen LogP contribution in [-0.2, 0) is 19.6 Å². The highest BCUT2D eigenvalue weighted by molar-refractivity contribution is 7.89. The van der Waals surface area contributed by atoms with Gasteiger partial charge in [-0.1, -0.05) is 12.1 Å². The van der Waals surface area contributed by atoms with E-state index in [0.717, 1.165) is 12.1 Å². The first-order valence-electron chi connectivity index (χ1n) is 10.5. The van der Waals surface area contributed by atoms with Crippen LogP contribution in [0.2, 0.25) is 0 Å². The number of piperazine rings is 1. The van der Waals surface area contributed by atoms with Crippen LogP contribution >= 0.6 is 0 Å². The Hall–Kier alpha value is -3.31. The standard InChI is InChI=1S/C22H23FN4O5S/c23-15-5-7-16(8-6-15)33(31,32)27-13-11-26(12-14-27)20(28)10-9-19-22(30)24-18-4-2-1-3-17(18)21(29)25-19/h1-8,19H,9-14H2,(H,24,30)(H,25,29)/t19-/m1/s1. The molecule has 0 aliphatic carbocycles. The number of benzene rings is 2. The first-order valence-corrected chi connectivity index (χ1v) is 11.9. The van der Waals surface area contributed by atoms with Crippen LogP contribution in [0.4, 0.5) is 10.1 Å². The van der Waals surface area contributed by atoms with Crippen LogP contribution in [0, 0.1) is 5.82 Å². The van der Waals surface area contributed by atoms with Gasteiger partial charge in [0.1, 0.15) is 11.9 Å². The normalized spacial score (nSPS) is 19.3. The Bertz CT molecular complexity index is 1180. The maximum absolute atomic E-state index is 13.1. The molecule has 3 amide bonds. The minimum Gasteiger partial charge on any atom is -0.340 e. The molecule has 2 N–H and O–H groups in total. The van der Waals surface area contributed by atoms with Gasteiger partial charge in [-0.05, 0) is 42.8 Å². The monoisotopic (exact) mass is 474 g/mol. The number of amides is 3. The van der Waals surface area contributed by atoms with Crippen molar-refractivity contribution >= 4 is 33.4 Å². The molecule has 0 saturated carbocycles. The molecule has 0 radical (unpaired) electrons. The fourth-order valence-corrected chi connectivity index (χ4v) is 5.30. The largest absolute Gasteiger partial charge is 0.340 e. The molecular weight excluding hydrogens is 451 g/mol. The van der Waals surface area contributed by atoms with Crippen LogP contribution in [0.15, 0.2) is 53.4 Å². The van der Waals surface area contributed by atoms with E-state index in [-0.39, 0.29) is 55.7 Å². The van der Waals surface area contributed by atoms with Crippen LogP contribution < -0.4 is 10.6 Å². The Labute approximate surface area is 190 Å². The van der Waals surface area contributed by atoms with Crippen molar-refractivity contribution in [1.29, 1.82) is 0 Å². The van der Waals surface area contributed by atoms with Gasteiger partial charge in [-0.15, -0.1) is 0 Å². The number of hydrogen-bond acceptors (Lipinski definition) is 5. The summed E-state index contributed by atoms with van der Waals surface area (Å²) in [6.45, 7) is 0.630. The Kier molecular flexibility index (Phi) is 6.43. The zero-order valence-electron chi connectivity index (χ0n) is 17.7. The molecule has 0 aromatic heterocycles. The summed E-state index contributed by atoms with van der Waals surface area (Å²) < 4.78 is 39.8. The lowest BCUT2D eigenvalue weighted by Crippen LogP contribution is -2.51. The van der Waals surface area contributed by atoms with Gasteiger partial charge in [0, 0.05) is 32.6 Å². The topological polar surface area (TPSA) is 116 Å². The van der Waals surface area contributed by atoms with Crippen LogP contribution in [0.5, 0.6) is 0 Å². The van der Waals surface area contributed by atoms with E-state index in [9.17, 15) is 27.2 Å². The summed E-state index contributed by atoms with van der Waals surface area (Å²) in [5, 5.41) is 5.36. The second kappa shape index (κ2) is 9.28. The second-order valence-corrected chi connectivity index (χ2v) is 9.78. The van der Waals surface area contributed by atoms with Gasteiger partial charge in [0.2, 0.25) is 21.8 Å². The molecule has 2 heterocycles. The lowest BCUT2D eigenvalue weighted by Gasteiger charge is -2.34. The molecule has 174 valence electrons. The number of halogens is 1. The molecule has 9 nitrogen and oxygen atoms in total. The fraction of sp³-hybridized carbons (Fsp3) is 0.318. The molecule has 33 heavy (non-hydrogen) atoms. The Morgan fingerprint density at radius 3 is 2.36 bits per heavy atom. The van der Waals surface area contributed by atoms with E-state index in [1.54, 1.807) is 29.2 Å². The molecule has 11 heteroatoms. The van der Waals surface area contributed by atoms with Gasteiger partial charge in [0.05, 0.1) is 16.1 Å². The number of hydrogen-bond donors (Lipinski definition) is 2. The lowest BCUT2D eigenvalue weighted by molar-refractivity contribution is -0.132. The summed E-state index contributed by atoms with van der Waals surface area (Å²) in [5.41, 5.74) is 0.783. The van der Waals surface area contributed by atoms with Crippen molar-refractivity contribution in [3.63, 3.8) is 0 Å². The van der Waals surface area contributed by atoms with E-state index < -0.39 is 27.8 Å². The molecule has 0 spiro atoms. The summed E-state index contributed by atoms with van der Waals surface area (Å²) in [6, 6.07) is 10.4. The Morgan fingerprint density at radius 2 is 1.67 bits per heavy atom. The molecule has 2 aliphatic heterocycles. The van der Waals surface area contributed by atoms with Gasteiger partial charge in [-0.2, -0.15) is 4.31 Å². The number of para-hydroxylation sites is 1. The van der Waals surface area contributed by atoms with Gasteiger partial charge in [-0.25, -0.2) is 12.8 Å². The summed E-state index contributed by atoms with van der Waals surface area (Å²) in [4.78, 5) is 39.1. The number of sulfonamides is 1. The van der Waals surface area contributed by atoms with E-state index in [2.05, 4.69) is 10.6 Å². The van der Waals surface area contributed by atoms with Crippen molar-refractivity contribution in [1.82, 2.24) is 14.5 Å². The van der Waals surface area contributed by atoms with Crippen LogP contribution in [0.1, 0.15) is 23.2 Å². The predicted octanol–water partition coefficient (Wildman–Crippen LogP) is 1.19. The summed E-state index contributed by atoms with van der Waals surface area (Å²) in [6.07, 6.45) is 0.151. The van der Waals surface area contributed by atoms with Gasteiger partial charge >= 0.3 is 0 Å². The molecule has 0 bridgehead atoms. The zero-order valence-corrected chi connectivity index (χ0v) is 18.5. The van der Waals surface area contributed by atoms with E-state index >= 15 is 0 Å². The molecule has 1 saturated heterocycles. The van der Waals surface area contributed by atoms with E-state index in [4.69, 9.17) is 0 Å². The lowest BCUT2D eigenvalue weighted by atomic mass is 10.1. The molecule has 1 atom stereocenters. The molecule has 2 aromatic rings. The van der Waals surface area contributed by atoms with Crippen molar-refractivity contribution in [3.8, 4) is 0 Å². The number of nitrogens with one attached hydrogen (secondary N) is 2. The third kappa shape index (κ3) is 4.88. The second-order valence-electron chi connectivity index (χ2n) is 7.84. The van der Waals surface area contributed by atoms with Crippen molar-refractivity contribution in [3.05, 3.63) is 59.9 Å². The highest BCUT2D eigenvalue weighted by Crippen LogP contribution is 2.21. The van der Waals surface area contributed by atoms with Crippen LogP contribution in [0.25, 0.3) is 0 Å². The molecule has 2 aliphatic rings. The number of carbonyl (C=O) groups excluding carboxylic acids is 3. The van der Waals surface area contributed by atoms with Gasteiger partial charge in [-0.3, -0.25) is 14.4 Å². The highest BCUT2D eigenvalue weighted by Gasteiger charge is 2.32. The maximum Gasteiger partial charge on any atom is 0.254 e. The van der Waals surface area contributed by atoms with Crippen molar-refractivity contribution in [2.24, 2.45) is 0 Å². The summed E-state index contributed by atoms with van der Waals surface area (Å²) in [7, 11) is -3.77. The predicted molar refractivity (Wildman–Crippen MR) is 117 cm³/mol. The third-order valence-electron chi connectivity index (χ3n) is 5.74. The third-order valence-corrected chi connectivity index (χ3v) is 7.65. The maximum atomic E-state index is 13.1.